The minimum Gasteiger partial charge on any atom is -0.467 e. The van der Waals surface area contributed by atoms with Crippen LogP contribution < -0.4 is 10.1 Å². The van der Waals surface area contributed by atoms with Crippen molar-refractivity contribution in [3.05, 3.63) is 16.8 Å². The van der Waals surface area contributed by atoms with Crippen molar-refractivity contribution in [2.75, 3.05) is 6.61 Å². The van der Waals surface area contributed by atoms with Gasteiger partial charge in [0.15, 0.2) is 6.61 Å². The molecule has 0 fully saturated rings. The maximum atomic E-state index is 11.9. The van der Waals surface area contributed by atoms with E-state index in [9.17, 15) is 4.79 Å². The first-order chi connectivity index (χ1) is 9.90. The third-order valence-electron chi connectivity index (χ3n) is 3.66. The van der Waals surface area contributed by atoms with Crippen LogP contribution in [0.3, 0.4) is 0 Å². The van der Waals surface area contributed by atoms with E-state index in [1.54, 1.807) is 11.3 Å². The summed E-state index contributed by atoms with van der Waals surface area (Å²) in [5.74, 6) is 0.739. The molecule has 1 amide bonds. The molecule has 2 aromatic heterocycles. The summed E-state index contributed by atoms with van der Waals surface area (Å²) in [4.78, 5) is 22.4. The number of hydrogen-bond acceptors (Lipinski definition) is 5. The molecule has 0 aliphatic heterocycles. The van der Waals surface area contributed by atoms with Gasteiger partial charge in [-0.1, -0.05) is 13.8 Å². The zero-order valence-corrected chi connectivity index (χ0v) is 13.9. The third-order valence-corrected chi connectivity index (χ3v) is 4.77. The number of carbonyl (C=O) groups is 1. The summed E-state index contributed by atoms with van der Waals surface area (Å²) in [6, 6.07) is 0.122. The Balaban J connectivity index is 2.09. The number of hydrogen-bond donors (Lipinski definition) is 1. The van der Waals surface area contributed by atoms with E-state index in [2.05, 4.69) is 29.1 Å². The van der Waals surface area contributed by atoms with Gasteiger partial charge in [-0.2, -0.15) is 0 Å². The monoisotopic (exact) mass is 307 g/mol. The lowest BCUT2D eigenvalue weighted by molar-refractivity contribution is -0.124. The first kappa shape index (κ1) is 15.7. The Kier molecular flexibility index (Phi) is 4.77. The molecule has 0 saturated carbocycles. The predicted molar refractivity (Wildman–Crippen MR) is 84.8 cm³/mol. The van der Waals surface area contributed by atoms with E-state index in [1.165, 1.54) is 11.2 Å². The lowest BCUT2D eigenvalue weighted by atomic mass is 10.1. The van der Waals surface area contributed by atoms with Gasteiger partial charge in [-0.25, -0.2) is 9.97 Å². The van der Waals surface area contributed by atoms with Gasteiger partial charge in [0.1, 0.15) is 11.2 Å². The van der Waals surface area contributed by atoms with E-state index in [1.807, 2.05) is 20.8 Å². The molecule has 1 N–H and O–H groups in total. The number of amides is 1. The third kappa shape index (κ3) is 3.50. The fourth-order valence-electron chi connectivity index (χ4n) is 1.86. The molecule has 0 aliphatic rings. The number of fused-ring (bicyclic) bond motifs is 1. The van der Waals surface area contributed by atoms with Crippen LogP contribution in [-0.2, 0) is 4.79 Å². The summed E-state index contributed by atoms with van der Waals surface area (Å²) in [6.07, 6.45) is 1.47. The molecule has 6 heteroatoms. The van der Waals surface area contributed by atoms with Crippen LogP contribution in [0.4, 0.5) is 0 Å². The highest BCUT2D eigenvalue weighted by Crippen LogP contribution is 2.33. The fourth-order valence-corrected chi connectivity index (χ4v) is 2.84. The van der Waals surface area contributed by atoms with Crippen LogP contribution in [0.25, 0.3) is 10.2 Å². The molecule has 0 spiro atoms. The van der Waals surface area contributed by atoms with Crippen LogP contribution in [0.5, 0.6) is 5.88 Å². The minimum absolute atomic E-state index is 0.0303. The molecular formula is C15H21N3O2S. The van der Waals surface area contributed by atoms with E-state index >= 15 is 0 Å². The van der Waals surface area contributed by atoms with Gasteiger partial charge in [0.25, 0.3) is 5.91 Å². The topological polar surface area (TPSA) is 64.1 Å². The van der Waals surface area contributed by atoms with Crippen molar-refractivity contribution in [3.63, 3.8) is 0 Å². The zero-order valence-electron chi connectivity index (χ0n) is 13.1. The lowest BCUT2D eigenvalue weighted by Crippen LogP contribution is -2.39. The Morgan fingerprint density at radius 2 is 2.05 bits per heavy atom. The lowest BCUT2D eigenvalue weighted by Gasteiger charge is -2.17. The molecule has 2 heterocycles. The van der Waals surface area contributed by atoms with E-state index < -0.39 is 0 Å². The SMILES string of the molecule is Cc1sc2ncnc(OCC(=O)N[C@@H](C)C(C)C)c2c1C. The standard InChI is InChI=1S/C15H21N3O2S/c1-8(2)10(4)18-12(19)6-20-14-13-9(3)11(5)21-15(13)17-7-16-14/h7-8,10H,6H2,1-5H3,(H,18,19)/t10-/m0/s1. The van der Waals surface area contributed by atoms with Gasteiger partial charge in [0, 0.05) is 10.9 Å². The van der Waals surface area contributed by atoms with Crippen LogP contribution in [-0.4, -0.2) is 28.5 Å². The zero-order chi connectivity index (χ0) is 15.6. The number of aromatic nitrogens is 2. The number of thiophene rings is 1. The van der Waals surface area contributed by atoms with Crippen LogP contribution >= 0.6 is 11.3 Å². The van der Waals surface area contributed by atoms with Gasteiger partial charge in [0.2, 0.25) is 5.88 Å². The maximum Gasteiger partial charge on any atom is 0.258 e. The van der Waals surface area contributed by atoms with Gasteiger partial charge >= 0.3 is 0 Å². The van der Waals surface area contributed by atoms with Crippen LogP contribution in [0, 0.1) is 19.8 Å². The number of ether oxygens (including phenoxy) is 1. The van der Waals surface area contributed by atoms with Gasteiger partial charge in [-0.05, 0) is 32.3 Å². The molecule has 0 aromatic carbocycles. The summed E-state index contributed by atoms with van der Waals surface area (Å²) in [5, 5.41) is 3.82. The highest BCUT2D eigenvalue weighted by atomic mass is 32.1. The Bertz CT molecular complexity index is 652. The number of nitrogens with one attached hydrogen (secondary N) is 1. The molecule has 1 atom stereocenters. The van der Waals surface area contributed by atoms with Crippen molar-refractivity contribution in [2.24, 2.45) is 5.92 Å². The minimum atomic E-state index is -0.132. The van der Waals surface area contributed by atoms with Crippen LogP contribution in [0.15, 0.2) is 6.33 Å². The second-order valence-corrected chi connectivity index (χ2v) is 6.73. The first-order valence-electron chi connectivity index (χ1n) is 7.03. The Hall–Kier alpha value is -1.69. The van der Waals surface area contributed by atoms with Crippen molar-refractivity contribution in [1.29, 1.82) is 0 Å². The van der Waals surface area contributed by atoms with E-state index in [4.69, 9.17) is 4.74 Å². The maximum absolute atomic E-state index is 11.9. The molecule has 0 bridgehead atoms. The van der Waals surface area contributed by atoms with Crippen molar-refractivity contribution in [1.82, 2.24) is 15.3 Å². The first-order valence-corrected chi connectivity index (χ1v) is 7.84. The average Bonchev–Trinajstić information content (AvgIpc) is 2.72. The number of nitrogens with zero attached hydrogens (tertiary/aromatic N) is 2. The van der Waals surface area contributed by atoms with E-state index in [0.29, 0.717) is 11.8 Å². The van der Waals surface area contributed by atoms with Crippen molar-refractivity contribution in [2.45, 2.75) is 40.7 Å². The molecule has 0 saturated heterocycles. The molecule has 0 radical (unpaired) electrons. The predicted octanol–water partition coefficient (Wildman–Crippen LogP) is 2.85. The fraction of sp³-hybridized carbons (Fsp3) is 0.533. The highest BCUT2D eigenvalue weighted by molar-refractivity contribution is 7.18. The normalized spacial score (nSPS) is 12.7. The molecule has 2 aromatic rings. The Morgan fingerprint density at radius 1 is 1.33 bits per heavy atom. The second-order valence-electron chi connectivity index (χ2n) is 5.53. The van der Waals surface area contributed by atoms with Crippen molar-refractivity contribution >= 4 is 27.5 Å². The van der Waals surface area contributed by atoms with Gasteiger partial charge < -0.3 is 10.1 Å². The largest absolute Gasteiger partial charge is 0.467 e. The summed E-state index contributed by atoms with van der Waals surface area (Å²) < 4.78 is 5.60. The van der Waals surface area contributed by atoms with Gasteiger partial charge in [0.05, 0.1) is 5.39 Å². The number of aryl methyl sites for hydroxylation is 2. The van der Waals surface area contributed by atoms with Crippen molar-refractivity contribution in [3.8, 4) is 5.88 Å². The molecule has 0 aliphatic carbocycles. The summed E-state index contributed by atoms with van der Waals surface area (Å²) in [6.45, 7) is 10.2. The van der Waals surface area contributed by atoms with Crippen LogP contribution in [0.1, 0.15) is 31.2 Å². The summed E-state index contributed by atoms with van der Waals surface area (Å²) in [5.41, 5.74) is 1.11. The van der Waals surface area contributed by atoms with E-state index in [-0.39, 0.29) is 18.6 Å². The second kappa shape index (κ2) is 6.39. The quantitative estimate of drug-likeness (QED) is 0.922. The Labute approximate surface area is 128 Å². The van der Waals surface area contributed by atoms with Gasteiger partial charge in [-0.3, -0.25) is 4.79 Å². The van der Waals surface area contributed by atoms with E-state index in [0.717, 1.165) is 15.8 Å². The molecule has 114 valence electrons. The number of rotatable bonds is 5. The Morgan fingerprint density at radius 3 is 2.71 bits per heavy atom. The highest BCUT2D eigenvalue weighted by Gasteiger charge is 2.15. The molecule has 0 unspecified atom stereocenters. The summed E-state index contributed by atoms with van der Waals surface area (Å²) >= 11 is 1.61. The smallest absolute Gasteiger partial charge is 0.258 e. The van der Waals surface area contributed by atoms with Crippen LogP contribution in [0.2, 0.25) is 0 Å². The molecular weight excluding hydrogens is 286 g/mol. The summed E-state index contributed by atoms with van der Waals surface area (Å²) in [7, 11) is 0. The molecule has 5 nitrogen and oxygen atoms in total. The average molecular weight is 307 g/mol. The molecule has 21 heavy (non-hydrogen) atoms. The number of carbonyl (C=O) groups excluding carboxylic acids is 1. The van der Waals surface area contributed by atoms with Crippen molar-refractivity contribution < 1.29 is 9.53 Å². The van der Waals surface area contributed by atoms with Gasteiger partial charge in [-0.15, -0.1) is 11.3 Å². The molecule has 2 rings (SSSR count).